The fraction of sp³-hybridized carbons (Fsp3) is 0.727. The molecule has 1 unspecified atom stereocenters. The van der Waals surface area contributed by atoms with Gasteiger partial charge in [0, 0.05) is 32.4 Å². The van der Waals surface area contributed by atoms with E-state index in [-0.39, 0.29) is 36.9 Å². The lowest BCUT2D eigenvalue weighted by Gasteiger charge is -2.17. The monoisotopic (exact) mass is 242 g/mol. The summed E-state index contributed by atoms with van der Waals surface area (Å²) in [6.07, 6.45) is 0.452. The van der Waals surface area contributed by atoms with Gasteiger partial charge in [0.2, 0.25) is 5.91 Å². The van der Waals surface area contributed by atoms with E-state index in [1.807, 2.05) is 0 Å². The Morgan fingerprint density at radius 1 is 1.59 bits per heavy atom. The standard InChI is InChI=1S/C11H18N2O4/c1-12-8(3-4-10(15)16)11(17)7-5-9(14)13(2)6-7/h7-8,12H,3-6H2,1-2H3,(H,15,16)/t7?,8-/m0/s1. The molecule has 17 heavy (non-hydrogen) atoms. The van der Waals surface area contributed by atoms with E-state index < -0.39 is 12.0 Å². The van der Waals surface area contributed by atoms with Crippen molar-refractivity contribution in [3.63, 3.8) is 0 Å². The number of nitrogens with one attached hydrogen (secondary N) is 1. The molecule has 96 valence electrons. The summed E-state index contributed by atoms with van der Waals surface area (Å²) in [6, 6.07) is -0.476. The Bertz CT molecular complexity index is 329. The molecule has 1 heterocycles. The molecule has 0 radical (unpaired) electrons. The maximum atomic E-state index is 12.0. The highest BCUT2D eigenvalue weighted by molar-refractivity contribution is 5.93. The number of carbonyl (C=O) groups is 3. The number of Topliss-reactive ketones (excluding diaryl/α,β-unsaturated/α-hetero) is 1. The number of carboxylic acid groups (broad SMARTS) is 1. The minimum Gasteiger partial charge on any atom is -0.481 e. The molecular weight excluding hydrogens is 224 g/mol. The van der Waals surface area contributed by atoms with Gasteiger partial charge in [0.25, 0.3) is 0 Å². The highest BCUT2D eigenvalue weighted by Gasteiger charge is 2.35. The summed E-state index contributed by atoms with van der Waals surface area (Å²) < 4.78 is 0. The molecule has 0 spiro atoms. The molecule has 0 aromatic heterocycles. The van der Waals surface area contributed by atoms with Gasteiger partial charge in [-0.25, -0.2) is 0 Å². The summed E-state index contributed by atoms with van der Waals surface area (Å²) in [5, 5.41) is 11.4. The van der Waals surface area contributed by atoms with E-state index in [2.05, 4.69) is 5.32 Å². The van der Waals surface area contributed by atoms with Crippen LogP contribution in [0.2, 0.25) is 0 Å². The first-order chi connectivity index (χ1) is 7.95. The van der Waals surface area contributed by atoms with Crippen molar-refractivity contribution in [1.29, 1.82) is 0 Å². The molecule has 2 N–H and O–H groups in total. The van der Waals surface area contributed by atoms with Crippen LogP contribution in [0.5, 0.6) is 0 Å². The third kappa shape index (κ3) is 3.52. The summed E-state index contributed by atoms with van der Waals surface area (Å²) in [5.41, 5.74) is 0. The molecule has 1 aliphatic rings. The molecule has 0 aromatic rings. The Morgan fingerprint density at radius 3 is 2.65 bits per heavy atom. The number of hydrogen-bond acceptors (Lipinski definition) is 4. The van der Waals surface area contributed by atoms with Crippen molar-refractivity contribution in [2.75, 3.05) is 20.6 Å². The van der Waals surface area contributed by atoms with Crippen molar-refractivity contribution < 1.29 is 19.5 Å². The lowest BCUT2D eigenvalue weighted by Crippen LogP contribution is -2.39. The van der Waals surface area contributed by atoms with Crippen molar-refractivity contribution in [1.82, 2.24) is 10.2 Å². The number of amides is 1. The molecule has 1 fully saturated rings. The average molecular weight is 242 g/mol. The molecule has 1 saturated heterocycles. The minimum atomic E-state index is -0.919. The van der Waals surface area contributed by atoms with Crippen LogP contribution in [0.15, 0.2) is 0 Å². The van der Waals surface area contributed by atoms with Crippen LogP contribution in [0.1, 0.15) is 19.3 Å². The first-order valence-electron chi connectivity index (χ1n) is 5.62. The van der Waals surface area contributed by atoms with Gasteiger partial charge in [0.15, 0.2) is 5.78 Å². The Morgan fingerprint density at radius 2 is 2.24 bits per heavy atom. The van der Waals surface area contributed by atoms with Crippen LogP contribution in [0.25, 0.3) is 0 Å². The number of hydrogen-bond donors (Lipinski definition) is 2. The molecule has 0 aliphatic carbocycles. The van der Waals surface area contributed by atoms with Gasteiger partial charge in [-0.2, -0.15) is 0 Å². The number of aliphatic carboxylic acids is 1. The Labute approximate surface area is 100.0 Å². The number of rotatable bonds is 6. The van der Waals surface area contributed by atoms with Crippen LogP contribution in [0.3, 0.4) is 0 Å². The number of carbonyl (C=O) groups excluding carboxylic acids is 2. The third-order valence-electron chi connectivity index (χ3n) is 3.08. The van der Waals surface area contributed by atoms with Gasteiger partial charge in [-0.15, -0.1) is 0 Å². The maximum Gasteiger partial charge on any atom is 0.303 e. The molecule has 0 bridgehead atoms. The fourth-order valence-electron chi connectivity index (χ4n) is 2.04. The molecule has 1 rings (SSSR count). The van der Waals surface area contributed by atoms with Crippen LogP contribution < -0.4 is 5.32 Å². The quantitative estimate of drug-likeness (QED) is 0.655. The van der Waals surface area contributed by atoms with Gasteiger partial charge >= 0.3 is 5.97 Å². The zero-order valence-electron chi connectivity index (χ0n) is 10.1. The predicted molar refractivity (Wildman–Crippen MR) is 60.5 cm³/mol. The average Bonchev–Trinajstić information content (AvgIpc) is 2.59. The molecule has 6 nitrogen and oxygen atoms in total. The number of nitrogens with zero attached hydrogens (tertiary/aromatic N) is 1. The van der Waals surface area contributed by atoms with Gasteiger partial charge < -0.3 is 15.3 Å². The molecule has 0 aromatic carbocycles. The summed E-state index contributed by atoms with van der Waals surface area (Å²) in [4.78, 5) is 35.4. The summed E-state index contributed by atoms with van der Waals surface area (Å²) in [6.45, 7) is 0.433. The van der Waals surface area contributed by atoms with Gasteiger partial charge in [0.1, 0.15) is 0 Å². The lowest BCUT2D eigenvalue weighted by molar-refractivity contribution is -0.137. The molecule has 0 saturated carbocycles. The second-order valence-electron chi connectivity index (χ2n) is 4.35. The van der Waals surface area contributed by atoms with E-state index in [0.717, 1.165) is 0 Å². The van der Waals surface area contributed by atoms with Crippen LogP contribution in [0.4, 0.5) is 0 Å². The highest BCUT2D eigenvalue weighted by atomic mass is 16.4. The maximum absolute atomic E-state index is 12.0. The van der Waals surface area contributed by atoms with Gasteiger partial charge in [0.05, 0.1) is 6.04 Å². The fourth-order valence-corrected chi connectivity index (χ4v) is 2.04. The van der Waals surface area contributed by atoms with Crippen molar-refractivity contribution in [3.8, 4) is 0 Å². The number of likely N-dealkylation sites (N-methyl/N-ethyl adjacent to an activating group) is 1. The smallest absolute Gasteiger partial charge is 0.303 e. The first-order valence-corrected chi connectivity index (χ1v) is 5.62. The van der Waals surface area contributed by atoms with Crippen molar-refractivity contribution in [2.45, 2.75) is 25.3 Å². The van der Waals surface area contributed by atoms with E-state index in [1.54, 1.807) is 14.1 Å². The van der Waals surface area contributed by atoms with Crippen molar-refractivity contribution in [2.24, 2.45) is 5.92 Å². The van der Waals surface area contributed by atoms with E-state index in [1.165, 1.54) is 4.90 Å². The Hall–Kier alpha value is -1.43. The largest absolute Gasteiger partial charge is 0.481 e. The van der Waals surface area contributed by atoms with E-state index in [0.29, 0.717) is 6.54 Å². The normalized spacial score (nSPS) is 21.6. The van der Waals surface area contributed by atoms with E-state index in [4.69, 9.17) is 5.11 Å². The summed E-state index contributed by atoms with van der Waals surface area (Å²) in [5.74, 6) is -1.32. The number of carboxylic acids is 1. The highest BCUT2D eigenvalue weighted by Crippen LogP contribution is 2.19. The van der Waals surface area contributed by atoms with Crippen LogP contribution >= 0.6 is 0 Å². The van der Waals surface area contributed by atoms with Crippen LogP contribution in [-0.4, -0.2) is 54.3 Å². The van der Waals surface area contributed by atoms with Gasteiger partial charge in [-0.3, -0.25) is 14.4 Å². The SMILES string of the molecule is CN[C@@H](CCC(=O)O)C(=O)C1CC(=O)N(C)C1. The molecule has 6 heteroatoms. The van der Waals surface area contributed by atoms with Crippen molar-refractivity contribution in [3.05, 3.63) is 0 Å². The van der Waals surface area contributed by atoms with Gasteiger partial charge in [-0.1, -0.05) is 0 Å². The summed E-state index contributed by atoms with van der Waals surface area (Å²) >= 11 is 0. The number of ketones is 1. The van der Waals surface area contributed by atoms with Crippen molar-refractivity contribution >= 4 is 17.7 Å². The summed E-state index contributed by atoms with van der Waals surface area (Å²) in [7, 11) is 3.30. The Kier molecular flexibility index (Phi) is 4.62. The zero-order chi connectivity index (χ0) is 13.0. The molecular formula is C11H18N2O4. The topological polar surface area (TPSA) is 86.7 Å². The zero-order valence-corrected chi connectivity index (χ0v) is 10.1. The third-order valence-corrected chi connectivity index (χ3v) is 3.08. The van der Waals surface area contributed by atoms with Gasteiger partial charge in [-0.05, 0) is 13.5 Å². The van der Waals surface area contributed by atoms with E-state index in [9.17, 15) is 14.4 Å². The van der Waals surface area contributed by atoms with Crippen LogP contribution in [-0.2, 0) is 14.4 Å². The minimum absolute atomic E-state index is 0.0311. The van der Waals surface area contributed by atoms with Crippen LogP contribution in [0, 0.1) is 5.92 Å². The second-order valence-corrected chi connectivity index (χ2v) is 4.35. The molecule has 1 amide bonds. The first kappa shape index (κ1) is 13.6. The second kappa shape index (κ2) is 5.77. The van der Waals surface area contributed by atoms with E-state index >= 15 is 0 Å². The molecule has 1 aliphatic heterocycles. The Balaban J connectivity index is 2.54. The lowest BCUT2D eigenvalue weighted by atomic mass is 9.94. The predicted octanol–water partition coefficient (Wildman–Crippen LogP) is -0.513. The molecule has 2 atom stereocenters. The number of likely N-dealkylation sites (tertiary alicyclic amines) is 1.